The average molecular weight is 347 g/mol. The van der Waals surface area contributed by atoms with Crippen LogP contribution >= 0.6 is 0 Å². The van der Waals surface area contributed by atoms with Crippen molar-refractivity contribution in [3.8, 4) is 0 Å². The number of rotatable bonds is 4. The van der Waals surface area contributed by atoms with Gasteiger partial charge in [0.25, 0.3) is 5.91 Å². The molecule has 1 fully saturated rings. The number of carbonyl (C=O) groups is 1. The molecule has 0 atom stereocenters. The number of aryl methyl sites for hydroxylation is 1. The summed E-state index contributed by atoms with van der Waals surface area (Å²) in [6.07, 6.45) is 1.83. The molecule has 0 bridgehead atoms. The van der Waals surface area contributed by atoms with E-state index in [1.165, 1.54) is 4.31 Å². The molecule has 0 aliphatic carbocycles. The lowest BCUT2D eigenvalue weighted by molar-refractivity contribution is 0.0688. The van der Waals surface area contributed by atoms with Gasteiger partial charge in [-0.05, 0) is 17.7 Å². The van der Waals surface area contributed by atoms with Crippen molar-refractivity contribution >= 4 is 15.9 Å². The van der Waals surface area contributed by atoms with Gasteiger partial charge in [0.1, 0.15) is 5.69 Å². The van der Waals surface area contributed by atoms with Crippen LogP contribution in [0.3, 0.4) is 0 Å². The molecule has 1 aliphatic rings. The van der Waals surface area contributed by atoms with Gasteiger partial charge < -0.3 is 9.47 Å². The monoisotopic (exact) mass is 347 g/mol. The number of nitrogens with zero attached hydrogens (tertiary/aromatic N) is 3. The Labute approximate surface area is 142 Å². The fourth-order valence-corrected chi connectivity index (χ4v) is 4.41. The summed E-state index contributed by atoms with van der Waals surface area (Å²) >= 11 is 0. The predicted molar refractivity (Wildman–Crippen MR) is 92.0 cm³/mol. The highest BCUT2D eigenvalue weighted by molar-refractivity contribution is 7.88. The summed E-state index contributed by atoms with van der Waals surface area (Å²) in [6.45, 7) is 1.51. The van der Waals surface area contributed by atoms with Crippen LogP contribution in [0.1, 0.15) is 16.1 Å². The third kappa shape index (κ3) is 3.52. The summed E-state index contributed by atoms with van der Waals surface area (Å²) in [4.78, 5) is 14.2. The van der Waals surface area contributed by atoms with Crippen molar-refractivity contribution in [2.75, 3.05) is 26.2 Å². The third-order valence-corrected chi connectivity index (χ3v) is 6.12. The van der Waals surface area contributed by atoms with E-state index in [0.717, 1.165) is 5.56 Å². The van der Waals surface area contributed by atoms with Gasteiger partial charge in [0.15, 0.2) is 0 Å². The van der Waals surface area contributed by atoms with Gasteiger partial charge in [-0.15, -0.1) is 0 Å². The van der Waals surface area contributed by atoms with Gasteiger partial charge >= 0.3 is 0 Å². The van der Waals surface area contributed by atoms with Crippen molar-refractivity contribution in [3.63, 3.8) is 0 Å². The first-order chi connectivity index (χ1) is 11.5. The van der Waals surface area contributed by atoms with Crippen molar-refractivity contribution in [3.05, 3.63) is 59.9 Å². The first-order valence-electron chi connectivity index (χ1n) is 7.90. The van der Waals surface area contributed by atoms with Gasteiger partial charge in [-0.2, -0.15) is 4.31 Å². The lowest BCUT2D eigenvalue weighted by Crippen LogP contribution is -2.51. The number of hydrogen-bond donors (Lipinski definition) is 0. The summed E-state index contributed by atoms with van der Waals surface area (Å²) in [7, 11) is -1.53. The van der Waals surface area contributed by atoms with Gasteiger partial charge in [-0.25, -0.2) is 8.42 Å². The molecule has 3 rings (SSSR count). The molecule has 1 aromatic carbocycles. The van der Waals surface area contributed by atoms with Crippen LogP contribution in [0.5, 0.6) is 0 Å². The van der Waals surface area contributed by atoms with E-state index in [2.05, 4.69) is 0 Å². The lowest BCUT2D eigenvalue weighted by Gasteiger charge is -2.34. The normalized spacial score (nSPS) is 16.3. The molecule has 0 spiro atoms. The van der Waals surface area contributed by atoms with Gasteiger partial charge in [-0.1, -0.05) is 30.3 Å². The second-order valence-corrected chi connectivity index (χ2v) is 7.91. The van der Waals surface area contributed by atoms with Crippen molar-refractivity contribution < 1.29 is 13.2 Å². The van der Waals surface area contributed by atoms with E-state index >= 15 is 0 Å². The zero-order valence-corrected chi connectivity index (χ0v) is 14.4. The molecular weight excluding hydrogens is 326 g/mol. The number of carbonyl (C=O) groups excluding carboxylic acids is 1. The fraction of sp³-hybridized carbons (Fsp3) is 0.353. The Morgan fingerprint density at radius 1 is 1.00 bits per heavy atom. The van der Waals surface area contributed by atoms with E-state index in [0.29, 0.717) is 31.9 Å². The molecule has 1 aromatic heterocycles. The molecule has 1 saturated heterocycles. The van der Waals surface area contributed by atoms with Crippen LogP contribution in [0.4, 0.5) is 0 Å². The molecule has 128 valence electrons. The summed E-state index contributed by atoms with van der Waals surface area (Å²) in [6, 6.07) is 12.8. The molecule has 1 aliphatic heterocycles. The number of amides is 1. The zero-order valence-electron chi connectivity index (χ0n) is 13.6. The lowest BCUT2D eigenvalue weighted by atomic mass is 10.2. The summed E-state index contributed by atoms with van der Waals surface area (Å²) < 4.78 is 28.3. The van der Waals surface area contributed by atoms with Gasteiger partial charge in [0.05, 0.1) is 5.75 Å². The Balaban J connectivity index is 1.62. The molecule has 7 heteroatoms. The van der Waals surface area contributed by atoms with Crippen LogP contribution in [0, 0.1) is 0 Å². The molecule has 6 nitrogen and oxygen atoms in total. The van der Waals surface area contributed by atoms with E-state index in [-0.39, 0.29) is 11.7 Å². The predicted octanol–water partition coefficient (Wildman–Crippen LogP) is 1.31. The first-order valence-corrected chi connectivity index (χ1v) is 9.50. The fourth-order valence-electron chi connectivity index (χ4n) is 2.89. The summed E-state index contributed by atoms with van der Waals surface area (Å²) in [5, 5.41) is 0. The molecule has 0 unspecified atom stereocenters. The first kappa shape index (κ1) is 16.7. The molecule has 0 saturated carbocycles. The second-order valence-electron chi connectivity index (χ2n) is 5.94. The molecule has 2 heterocycles. The quantitative estimate of drug-likeness (QED) is 0.838. The second kappa shape index (κ2) is 6.78. The minimum Gasteiger partial charge on any atom is -0.347 e. The number of piperazine rings is 1. The zero-order chi connectivity index (χ0) is 17.2. The average Bonchev–Trinajstić information content (AvgIpc) is 3.01. The number of benzene rings is 1. The van der Waals surface area contributed by atoms with E-state index < -0.39 is 10.0 Å². The maximum Gasteiger partial charge on any atom is 0.270 e. The smallest absolute Gasteiger partial charge is 0.270 e. The number of hydrogen-bond acceptors (Lipinski definition) is 3. The van der Waals surface area contributed by atoms with Crippen LogP contribution in [0.15, 0.2) is 48.7 Å². The van der Waals surface area contributed by atoms with E-state index in [4.69, 9.17) is 0 Å². The Morgan fingerprint density at radius 3 is 2.25 bits per heavy atom. The molecule has 24 heavy (non-hydrogen) atoms. The van der Waals surface area contributed by atoms with Gasteiger partial charge in [-0.3, -0.25) is 4.79 Å². The Morgan fingerprint density at radius 2 is 1.67 bits per heavy atom. The van der Waals surface area contributed by atoms with Crippen molar-refractivity contribution in [2.24, 2.45) is 7.05 Å². The van der Waals surface area contributed by atoms with Crippen LogP contribution in [-0.4, -0.2) is 54.3 Å². The minimum atomic E-state index is -3.36. The SMILES string of the molecule is Cn1cccc1C(=O)N1CCN(S(=O)(=O)Cc2ccccc2)CC1. The maximum absolute atomic E-state index is 12.5. The van der Waals surface area contributed by atoms with E-state index in [9.17, 15) is 13.2 Å². The largest absolute Gasteiger partial charge is 0.347 e. The maximum atomic E-state index is 12.5. The van der Waals surface area contributed by atoms with Crippen molar-refractivity contribution in [1.82, 2.24) is 13.8 Å². The Hall–Kier alpha value is -2.12. The van der Waals surface area contributed by atoms with E-state index in [1.807, 2.05) is 49.6 Å². The van der Waals surface area contributed by atoms with Crippen LogP contribution in [-0.2, 0) is 22.8 Å². The molecule has 1 amide bonds. The topological polar surface area (TPSA) is 62.6 Å². The van der Waals surface area contributed by atoms with Crippen LogP contribution in [0.25, 0.3) is 0 Å². The number of sulfonamides is 1. The van der Waals surface area contributed by atoms with Gasteiger partial charge in [0, 0.05) is 39.4 Å². The Kier molecular flexibility index (Phi) is 4.73. The highest BCUT2D eigenvalue weighted by atomic mass is 32.2. The molecule has 0 N–H and O–H groups in total. The van der Waals surface area contributed by atoms with Crippen LogP contribution in [0.2, 0.25) is 0 Å². The summed E-state index contributed by atoms with van der Waals surface area (Å²) in [5.74, 6) is -0.0535. The third-order valence-electron chi connectivity index (χ3n) is 4.27. The van der Waals surface area contributed by atoms with Crippen molar-refractivity contribution in [1.29, 1.82) is 0 Å². The highest BCUT2D eigenvalue weighted by Crippen LogP contribution is 2.15. The Bertz CT molecular complexity index is 807. The van der Waals surface area contributed by atoms with Gasteiger partial charge in [0.2, 0.25) is 10.0 Å². The van der Waals surface area contributed by atoms with Crippen LogP contribution < -0.4 is 0 Å². The molecular formula is C17H21N3O3S. The molecule has 2 aromatic rings. The minimum absolute atomic E-state index is 0.000400. The molecule has 0 radical (unpaired) electrons. The number of aromatic nitrogens is 1. The highest BCUT2D eigenvalue weighted by Gasteiger charge is 2.29. The van der Waals surface area contributed by atoms with E-state index in [1.54, 1.807) is 15.5 Å². The van der Waals surface area contributed by atoms with Crippen molar-refractivity contribution in [2.45, 2.75) is 5.75 Å². The summed E-state index contributed by atoms with van der Waals surface area (Å²) in [5.41, 5.74) is 1.40. The standard InChI is InChI=1S/C17H21N3O3S/c1-18-9-5-8-16(18)17(21)19-10-12-20(13-11-19)24(22,23)14-15-6-3-2-4-7-15/h2-9H,10-14H2,1H3.